The molecule has 0 aliphatic carbocycles. The first-order chi connectivity index (χ1) is 13.3. The predicted octanol–water partition coefficient (Wildman–Crippen LogP) is 2.31. The van der Waals surface area contributed by atoms with E-state index in [-0.39, 0.29) is 17.9 Å². The molecule has 1 amide bonds. The zero-order chi connectivity index (χ0) is 20.5. The standard InChI is InChI=1S/C20H25ClN4O3/c1-20(19(27)28-4)9-15(18(26)22-10-13-11-23-24(2)12-13)17(25(20)3)14-7-5-6-8-16(14)21/h5-8,11-12,15,17H,9-10H2,1-4H3,(H,22,26)/t15-,17-,20-/m0/s1. The van der Waals surface area contributed by atoms with Gasteiger partial charge in [0.15, 0.2) is 0 Å². The number of aryl methyl sites for hydroxylation is 1. The number of nitrogens with zero attached hydrogens (tertiary/aromatic N) is 3. The molecule has 1 aliphatic rings. The number of nitrogens with one attached hydrogen (secondary N) is 1. The van der Waals surface area contributed by atoms with Crippen LogP contribution < -0.4 is 5.32 Å². The van der Waals surface area contributed by atoms with Crippen molar-refractivity contribution in [3.63, 3.8) is 0 Å². The first-order valence-electron chi connectivity index (χ1n) is 9.09. The van der Waals surface area contributed by atoms with E-state index in [1.54, 1.807) is 23.9 Å². The lowest BCUT2D eigenvalue weighted by atomic mass is 9.89. The summed E-state index contributed by atoms with van der Waals surface area (Å²) in [6.45, 7) is 2.17. The Labute approximate surface area is 169 Å². The molecule has 0 unspecified atom stereocenters. The Morgan fingerprint density at radius 3 is 2.68 bits per heavy atom. The van der Waals surface area contributed by atoms with E-state index < -0.39 is 11.5 Å². The molecular formula is C20H25ClN4O3. The van der Waals surface area contributed by atoms with Gasteiger partial charge in [0.05, 0.1) is 19.2 Å². The van der Waals surface area contributed by atoms with Gasteiger partial charge in [-0.2, -0.15) is 5.10 Å². The molecule has 1 aliphatic heterocycles. The van der Waals surface area contributed by atoms with Gasteiger partial charge in [0.2, 0.25) is 5.91 Å². The van der Waals surface area contributed by atoms with Crippen molar-refractivity contribution in [1.82, 2.24) is 20.0 Å². The van der Waals surface area contributed by atoms with Gasteiger partial charge in [-0.1, -0.05) is 29.8 Å². The third kappa shape index (κ3) is 3.64. The van der Waals surface area contributed by atoms with Crippen molar-refractivity contribution in [3.8, 4) is 0 Å². The summed E-state index contributed by atoms with van der Waals surface area (Å²) in [7, 11) is 5.02. The SMILES string of the molecule is COC(=O)[C@]1(C)C[C@H](C(=O)NCc2cnn(C)c2)[C@H](c2ccccc2Cl)N1C. The highest BCUT2D eigenvalue weighted by Gasteiger charge is 2.55. The van der Waals surface area contributed by atoms with Crippen LogP contribution in [0.3, 0.4) is 0 Å². The molecule has 2 heterocycles. The number of aromatic nitrogens is 2. The predicted molar refractivity (Wildman–Crippen MR) is 106 cm³/mol. The summed E-state index contributed by atoms with van der Waals surface area (Å²) in [6, 6.07) is 7.08. The Hall–Kier alpha value is -2.38. The van der Waals surface area contributed by atoms with Gasteiger partial charge in [-0.15, -0.1) is 0 Å². The lowest BCUT2D eigenvalue weighted by Gasteiger charge is -2.33. The van der Waals surface area contributed by atoms with Crippen molar-refractivity contribution in [2.45, 2.75) is 31.5 Å². The van der Waals surface area contributed by atoms with Crippen molar-refractivity contribution in [2.75, 3.05) is 14.2 Å². The molecule has 3 rings (SSSR count). The van der Waals surface area contributed by atoms with Crippen LogP contribution in [0, 0.1) is 5.92 Å². The smallest absolute Gasteiger partial charge is 0.326 e. The van der Waals surface area contributed by atoms with Gasteiger partial charge >= 0.3 is 5.97 Å². The lowest BCUT2D eigenvalue weighted by Crippen LogP contribution is -2.47. The summed E-state index contributed by atoms with van der Waals surface area (Å²) < 4.78 is 6.71. The molecule has 1 fully saturated rings. The fourth-order valence-corrected chi connectivity index (χ4v) is 4.22. The molecule has 0 bridgehead atoms. The number of ether oxygens (including phenoxy) is 1. The van der Waals surface area contributed by atoms with Crippen LogP contribution in [-0.4, -0.2) is 46.3 Å². The van der Waals surface area contributed by atoms with Gasteiger partial charge in [-0.3, -0.25) is 19.2 Å². The van der Waals surface area contributed by atoms with Gasteiger partial charge in [-0.25, -0.2) is 0 Å². The van der Waals surface area contributed by atoms with Crippen LogP contribution in [-0.2, 0) is 27.9 Å². The summed E-state index contributed by atoms with van der Waals surface area (Å²) in [6.07, 6.45) is 3.90. The van der Waals surface area contributed by atoms with Gasteiger partial charge in [-0.05, 0) is 32.0 Å². The first kappa shape index (κ1) is 20.4. The third-order valence-electron chi connectivity index (χ3n) is 5.61. The fraction of sp³-hybridized carbons (Fsp3) is 0.450. The van der Waals surface area contributed by atoms with E-state index in [1.165, 1.54) is 7.11 Å². The summed E-state index contributed by atoms with van der Waals surface area (Å²) >= 11 is 6.44. The van der Waals surface area contributed by atoms with E-state index in [9.17, 15) is 9.59 Å². The molecule has 150 valence electrons. The van der Waals surface area contributed by atoms with Crippen LogP contribution in [0.5, 0.6) is 0 Å². The lowest BCUT2D eigenvalue weighted by molar-refractivity contribution is -0.152. The largest absolute Gasteiger partial charge is 0.468 e. The Bertz CT molecular complexity index is 884. The fourth-order valence-electron chi connectivity index (χ4n) is 3.97. The van der Waals surface area contributed by atoms with Gasteiger partial charge in [0.25, 0.3) is 0 Å². The summed E-state index contributed by atoms with van der Waals surface area (Å²) in [5.74, 6) is -0.950. The van der Waals surface area contributed by atoms with Crippen molar-refractivity contribution in [2.24, 2.45) is 13.0 Å². The molecule has 1 N–H and O–H groups in total. The minimum absolute atomic E-state index is 0.131. The average Bonchev–Trinajstić information content (AvgIpc) is 3.21. The van der Waals surface area contributed by atoms with Crippen molar-refractivity contribution < 1.29 is 14.3 Å². The molecule has 28 heavy (non-hydrogen) atoms. The van der Waals surface area contributed by atoms with Crippen LogP contribution in [0.15, 0.2) is 36.7 Å². The number of carbonyl (C=O) groups excluding carboxylic acids is 2. The first-order valence-corrected chi connectivity index (χ1v) is 9.46. The Balaban J connectivity index is 1.90. The molecule has 0 radical (unpaired) electrons. The molecule has 8 heteroatoms. The Morgan fingerprint density at radius 1 is 1.36 bits per heavy atom. The second kappa shape index (κ2) is 7.93. The summed E-state index contributed by atoms with van der Waals surface area (Å²) in [4.78, 5) is 27.5. The van der Waals surface area contributed by atoms with Gasteiger partial charge in [0.1, 0.15) is 5.54 Å². The third-order valence-corrected chi connectivity index (χ3v) is 5.95. The highest BCUT2D eigenvalue weighted by molar-refractivity contribution is 6.31. The number of methoxy groups -OCH3 is 1. The second-order valence-electron chi connectivity index (χ2n) is 7.39. The normalized spacial score (nSPS) is 24.9. The molecule has 3 atom stereocenters. The second-order valence-corrected chi connectivity index (χ2v) is 7.80. The van der Waals surface area contributed by atoms with Crippen molar-refractivity contribution in [3.05, 3.63) is 52.8 Å². The summed E-state index contributed by atoms with van der Waals surface area (Å²) in [5.41, 5.74) is 0.808. The molecule has 2 aromatic rings. The van der Waals surface area contributed by atoms with Crippen molar-refractivity contribution in [1.29, 1.82) is 0 Å². The number of likely N-dealkylation sites (tertiary alicyclic amines) is 1. The highest BCUT2D eigenvalue weighted by Crippen LogP contribution is 2.47. The van der Waals surface area contributed by atoms with E-state index in [4.69, 9.17) is 16.3 Å². The average molecular weight is 405 g/mol. The molecule has 1 aromatic heterocycles. The topological polar surface area (TPSA) is 76.5 Å². The minimum atomic E-state index is -0.922. The maximum absolute atomic E-state index is 13.1. The number of amides is 1. The van der Waals surface area contributed by atoms with E-state index >= 15 is 0 Å². The van der Waals surface area contributed by atoms with E-state index in [0.29, 0.717) is 18.0 Å². The van der Waals surface area contributed by atoms with Crippen LogP contribution in [0.25, 0.3) is 0 Å². The molecule has 7 nitrogen and oxygen atoms in total. The maximum atomic E-state index is 13.1. The molecule has 0 saturated carbocycles. The van der Waals surface area contributed by atoms with Crippen LogP contribution in [0.1, 0.15) is 30.5 Å². The minimum Gasteiger partial charge on any atom is -0.468 e. The van der Waals surface area contributed by atoms with E-state index in [2.05, 4.69) is 10.4 Å². The quantitative estimate of drug-likeness (QED) is 0.774. The number of esters is 1. The zero-order valence-electron chi connectivity index (χ0n) is 16.5. The zero-order valence-corrected chi connectivity index (χ0v) is 17.2. The number of hydrogen-bond donors (Lipinski definition) is 1. The number of rotatable bonds is 5. The number of carbonyl (C=O) groups is 2. The van der Waals surface area contributed by atoms with Crippen LogP contribution >= 0.6 is 11.6 Å². The van der Waals surface area contributed by atoms with Crippen LogP contribution in [0.4, 0.5) is 0 Å². The van der Waals surface area contributed by atoms with E-state index in [0.717, 1.165) is 11.1 Å². The van der Waals surface area contributed by atoms with Gasteiger partial charge in [0, 0.05) is 36.4 Å². The number of hydrogen-bond acceptors (Lipinski definition) is 5. The number of halogens is 1. The van der Waals surface area contributed by atoms with Gasteiger partial charge < -0.3 is 10.1 Å². The Kier molecular flexibility index (Phi) is 5.76. The summed E-state index contributed by atoms with van der Waals surface area (Å²) in [5, 5.41) is 7.66. The molecule has 1 saturated heterocycles. The van der Waals surface area contributed by atoms with Crippen molar-refractivity contribution >= 4 is 23.5 Å². The monoisotopic (exact) mass is 404 g/mol. The maximum Gasteiger partial charge on any atom is 0.326 e. The van der Waals surface area contributed by atoms with Crippen LogP contribution in [0.2, 0.25) is 5.02 Å². The highest BCUT2D eigenvalue weighted by atomic mass is 35.5. The molecule has 1 aromatic carbocycles. The van der Waals surface area contributed by atoms with E-state index in [1.807, 2.05) is 43.4 Å². The molecular weight excluding hydrogens is 380 g/mol. The Morgan fingerprint density at radius 2 is 2.07 bits per heavy atom. The number of benzene rings is 1. The molecule has 0 spiro atoms. The number of likely N-dealkylation sites (N-methyl/N-ethyl adjacent to an activating group) is 1.